The summed E-state index contributed by atoms with van der Waals surface area (Å²) in [6.45, 7) is 0. The second kappa shape index (κ2) is 4.00. The Labute approximate surface area is 115 Å². The first kappa shape index (κ1) is 10.9. The molecule has 0 saturated carbocycles. The van der Waals surface area contributed by atoms with E-state index >= 15 is 0 Å². The van der Waals surface area contributed by atoms with Crippen molar-refractivity contribution in [2.75, 3.05) is 5.32 Å². The van der Waals surface area contributed by atoms with Crippen molar-refractivity contribution in [2.24, 2.45) is 0 Å². The average molecular weight is 271 g/mol. The lowest BCUT2D eigenvalue weighted by atomic mass is 10.1. The molecule has 0 saturated heterocycles. The number of halogens is 1. The summed E-state index contributed by atoms with van der Waals surface area (Å²) in [6, 6.07) is 13.9. The molecule has 4 rings (SSSR count). The number of benzene rings is 2. The maximum absolute atomic E-state index is 5.96. The standard InChI is InChI=1S/C15H11ClN2O/c16-10-5-6-12-14(8-10)19-15(18-12)13-7-9-3-1-2-4-11(9)17-13/h1-6,8,13,17H,7H2. The van der Waals surface area contributed by atoms with Gasteiger partial charge in [0.15, 0.2) is 5.58 Å². The number of anilines is 1. The molecular formula is C15H11ClN2O. The molecule has 0 bridgehead atoms. The fourth-order valence-corrected chi connectivity index (χ4v) is 2.67. The van der Waals surface area contributed by atoms with E-state index in [0.29, 0.717) is 10.9 Å². The molecule has 1 aromatic heterocycles. The number of nitrogens with one attached hydrogen (secondary N) is 1. The van der Waals surface area contributed by atoms with Crippen molar-refractivity contribution in [3.8, 4) is 0 Å². The fraction of sp³-hybridized carbons (Fsp3) is 0.133. The van der Waals surface area contributed by atoms with E-state index in [0.717, 1.165) is 23.2 Å². The summed E-state index contributed by atoms with van der Waals surface area (Å²) in [5, 5.41) is 4.10. The third-order valence-corrected chi connectivity index (χ3v) is 3.67. The highest BCUT2D eigenvalue weighted by molar-refractivity contribution is 6.31. The molecule has 2 heterocycles. The summed E-state index contributed by atoms with van der Waals surface area (Å²) in [5.74, 6) is 0.716. The van der Waals surface area contributed by atoms with E-state index in [1.54, 1.807) is 6.07 Å². The molecule has 0 radical (unpaired) electrons. The van der Waals surface area contributed by atoms with Crippen molar-refractivity contribution in [1.29, 1.82) is 0 Å². The normalized spacial score (nSPS) is 17.4. The van der Waals surface area contributed by atoms with Crippen molar-refractivity contribution in [3.63, 3.8) is 0 Å². The lowest BCUT2D eigenvalue weighted by Gasteiger charge is -2.05. The summed E-state index contributed by atoms with van der Waals surface area (Å²) < 4.78 is 5.81. The van der Waals surface area contributed by atoms with Crippen LogP contribution in [0.4, 0.5) is 5.69 Å². The number of nitrogens with zero attached hydrogens (tertiary/aromatic N) is 1. The monoisotopic (exact) mass is 270 g/mol. The number of para-hydroxylation sites is 1. The number of oxazole rings is 1. The highest BCUT2D eigenvalue weighted by Crippen LogP contribution is 2.34. The molecule has 4 heteroatoms. The molecule has 94 valence electrons. The summed E-state index contributed by atoms with van der Waals surface area (Å²) in [4.78, 5) is 4.53. The van der Waals surface area contributed by atoms with Gasteiger partial charge < -0.3 is 9.73 Å². The number of aromatic nitrogens is 1. The fourth-order valence-electron chi connectivity index (χ4n) is 2.51. The van der Waals surface area contributed by atoms with E-state index in [-0.39, 0.29) is 6.04 Å². The predicted molar refractivity (Wildman–Crippen MR) is 75.5 cm³/mol. The van der Waals surface area contributed by atoms with Gasteiger partial charge in [0, 0.05) is 23.2 Å². The number of fused-ring (bicyclic) bond motifs is 2. The first-order chi connectivity index (χ1) is 9.29. The smallest absolute Gasteiger partial charge is 0.218 e. The average Bonchev–Trinajstić information content (AvgIpc) is 3.00. The predicted octanol–water partition coefficient (Wildman–Crippen LogP) is 4.19. The first-order valence-corrected chi connectivity index (χ1v) is 6.58. The Balaban J connectivity index is 1.73. The Morgan fingerprint density at radius 3 is 3.00 bits per heavy atom. The molecular weight excluding hydrogens is 260 g/mol. The first-order valence-electron chi connectivity index (χ1n) is 6.20. The van der Waals surface area contributed by atoms with Crippen molar-refractivity contribution >= 4 is 28.4 Å². The van der Waals surface area contributed by atoms with E-state index in [9.17, 15) is 0 Å². The minimum absolute atomic E-state index is 0.101. The highest BCUT2D eigenvalue weighted by atomic mass is 35.5. The van der Waals surface area contributed by atoms with E-state index < -0.39 is 0 Å². The van der Waals surface area contributed by atoms with Gasteiger partial charge in [-0.05, 0) is 23.8 Å². The van der Waals surface area contributed by atoms with Crippen LogP contribution in [0.15, 0.2) is 46.9 Å². The summed E-state index contributed by atoms with van der Waals surface area (Å²) in [5.41, 5.74) is 4.04. The molecule has 0 aliphatic carbocycles. The molecule has 1 N–H and O–H groups in total. The Morgan fingerprint density at radius 2 is 2.11 bits per heavy atom. The maximum Gasteiger partial charge on any atom is 0.218 e. The van der Waals surface area contributed by atoms with E-state index in [4.69, 9.17) is 16.0 Å². The topological polar surface area (TPSA) is 38.1 Å². The largest absolute Gasteiger partial charge is 0.438 e. The molecule has 3 aromatic rings. The van der Waals surface area contributed by atoms with Crippen molar-refractivity contribution in [2.45, 2.75) is 12.5 Å². The van der Waals surface area contributed by atoms with Gasteiger partial charge in [-0.3, -0.25) is 0 Å². The van der Waals surface area contributed by atoms with Gasteiger partial charge in [-0.2, -0.15) is 0 Å². The summed E-state index contributed by atoms with van der Waals surface area (Å²) >= 11 is 5.96. The van der Waals surface area contributed by atoms with E-state index in [1.807, 2.05) is 18.2 Å². The summed E-state index contributed by atoms with van der Waals surface area (Å²) in [7, 11) is 0. The molecule has 1 unspecified atom stereocenters. The minimum Gasteiger partial charge on any atom is -0.438 e. The lowest BCUT2D eigenvalue weighted by Crippen LogP contribution is -2.05. The van der Waals surface area contributed by atoms with Crippen LogP contribution < -0.4 is 5.32 Å². The van der Waals surface area contributed by atoms with Crippen LogP contribution in [-0.4, -0.2) is 4.98 Å². The number of hydrogen-bond acceptors (Lipinski definition) is 3. The van der Waals surface area contributed by atoms with Gasteiger partial charge in [-0.15, -0.1) is 0 Å². The van der Waals surface area contributed by atoms with Gasteiger partial charge in [0.1, 0.15) is 11.6 Å². The van der Waals surface area contributed by atoms with Gasteiger partial charge in [0.05, 0.1) is 0 Å². The van der Waals surface area contributed by atoms with Crippen LogP contribution in [0.3, 0.4) is 0 Å². The molecule has 2 aromatic carbocycles. The van der Waals surface area contributed by atoms with E-state index in [2.05, 4.69) is 28.5 Å². The van der Waals surface area contributed by atoms with Crippen LogP contribution in [0.1, 0.15) is 17.5 Å². The summed E-state index contributed by atoms with van der Waals surface area (Å²) in [6.07, 6.45) is 0.900. The molecule has 0 fully saturated rings. The van der Waals surface area contributed by atoms with Gasteiger partial charge in [-0.25, -0.2) is 4.98 Å². The Bertz CT molecular complexity index is 741. The molecule has 3 nitrogen and oxygen atoms in total. The van der Waals surface area contributed by atoms with Crippen LogP contribution in [0.5, 0.6) is 0 Å². The van der Waals surface area contributed by atoms with Crippen LogP contribution in [0.25, 0.3) is 11.1 Å². The van der Waals surface area contributed by atoms with E-state index in [1.165, 1.54) is 5.56 Å². The molecule has 19 heavy (non-hydrogen) atoms. The minimum atomic E-state index is 0.101. The Hall–Kier alpha value is -2.00. The van der Waals surface area contributed by atoms with Gasteiger partial charge in [-0.1, -0.05) is 29.8 Å². The van der Waals surface area contributed by atoms with Gasteiger partial charge in [0.25, 0.3) is 0 Å². The van der Waals surface area contributed by atoms with Crippen LogP contribution in [-0.2, 0) is 6.42 Å². The molecule has 1 aliphatic heterocycles. The zero-order valence-electron chi connectivity index (χ0n) is 10.1. The molecule has 1 aliphatic rings. The third-order valence-electron chi connectivity index (χ3n) is 3.44. The second-order valence-electron chi connectivity index (χ2n) is 4.72. The zero-order valence-corrected chi connectivity index (χ0v) is 10.8. The van der Waals surface area contributed by atoms with Crippen molar-refractivity contribution < 1.29 is 4.42 Å². The quantitative estimate of drug-likeness (QED) is 0.720. The molecule has 0 spiro atoms. The van der Waals surface area contributed by atoms with Crippen LogP contribution >= 0.6 is 11.6 Å². The van der Waals surface area contributed by atoms with Crippen LogP contribution in [0, 0.1) is 0 Å². The van der Waals surface area contributed by atoms with Gasteiger partial charge in [0.2, 0.25) is 5.89 Å². The maximum atomic E-state index is 5.96. The second-order valence-corrected chi connectivity index (χ2v) is 5.16. The highest BCUT2D eigenvalue weighted by Gasteiger charge is 2.25. The van der Waals surface area contributed by atoms with Crippen molar-refractivity contribution in [1.82, 2.24) is 4.98 Å². The number of hydrogen-bond donors (Lipinski definition) is 1. The lowest BCUT2D eigenvalue weighted by molar-refractivity contribution is 0.497. The molecule has 0 amide bonds. The number of rotatable bonds is 1. The SMILES string of the molecule is Clc1ccc2nc(C3Cc4ccccc4N3)oc2c1. The van der Waals surface area contributed by atoms with Crippen molar-refractivity contribution in [3.05, 3.63) is 58.9 Å². The van der Waals surface area contributed by atoms with Gasteiger partial charge >= 0.3 is 0 Å². The third kappa shape index (κ3) is 1.78. The molecule has 1 atom stereocenters. The Morgan fingerprint density at radius 1 is 1.21 bits per heavy atom. The Kier molecular flexibility index (Phi) is 2.29. The zero-order chi connectivity index (χ0) is 12.8. The van der Waals surface area contributed by atoms with Crippen LogP contribution in [0.2, 0.25) is 5.02 Å².